The molecular weight excluding hydrogens is 298 g/mol. The summed E-state index contributed by atoms with van der Waals surface area (Å²) in [6.07, 6.45) is 2.20. The second-order valence-corrected chi connectivity index (χ2v) is 5.53. The van der Waals surface area contributed by atoms with E-state index in [9.17, 15) is 4.79 Å². The van der Waals surface area contributed by atoms with Gasteiger partial charge in [0.15, 0.2) is 0 Å². The third-order valence-corrected chi connectivity index (χ3v) is 4.12. The molecule has 2 N–H and O–H groups in total. The summed E-state index contributed by atoms with van der Waals surface area (Å²) < 4.78 is 0. The molecule has 0 spiro atoms. The lowest BCUT2D eigenvalue weighted by atomic mass is 10.1. The second kappa shape index (κ2) is 7.47. The maximum atomic E-state index is 12.6. The molecule has 1 aromatic carbocycles. The van der Waals surface area contributed by atoms with Crippen LogP contribution in [-0.2, 0) is 0 Å². The number of likely N-dealkylation sites (tertiary alicyclic amines) is 1. The van der Waals surface area contributed by atoms with E-state index in [2.05, 4.69) is 10.3 Å². The fourth-order valence-electron chi connectivity index (χ4n) is 2.87. The smallest absolute Gasteiger partial charge is 0.270 e. The Morgan fingerprint density at radius 1 is 1.23 bits per heavy atom. The van der Waals surface area contributed by atoms with Crippen molar-refractivity contribution in [3.63, 3.8) is 0 Å². The molecule has 1 saturated heterocycles. The summed E-state index contributed by atoms with van der Waals surface area (Å²) in [5, 5.41) is 3.27. The third-order valence-electron chi connectivity index (χ3n) is 4.12. The van der Waals surface area contributed by atoms with Gasteiger partial charge in [0, 0.05) is 24.8 Å². The minimum atomic E-state index is 0. The van der Waals surface area contributed by atoms with Crippen LogP contribution >= 0.6 is 12.4 Å². The number of piperidine rings is 1. The van der Waals surface area contributed by atoms with E-state index in [1.54, 1.807) is 0 Å². The summed E-state index contributed by atoms with van der Waals surface area (Å²) in [6, 6.07) is 14.3. The lowest BCUT2D eigenvalue weighted by Gasteiger charge is -2.32. The summed E-state index contributed by atoms with van der Waals surface area (Å²) in [7, 11) is 1.96. The number of nitrogens with zero attached hydrogens (tertiary/aromatic N) is 1. The predicted molar refractivity (Wildman–Crippen MR) is 91.5 cm³/mol. The second-order valence-electron chi connectivity index (χ2n) is 5.53. The van der Waals surface area contributed by atoms with E-state index in [-0.39, 0.29) is 18.3 Å². The zero-order valence-electron chi connectivity index (χ0n) is 12.7. The van der Waals surface area contributed by atoms with Crippen LogP contribution in [0.1, 0.15) is 23.3 Å². The molecule has 2 aromatic rings. The number of nitrogens with one attached hydrogen (secondary N) is 2. The van der Waals surface area contributed by atoms with Gasteiger partial charge in [-0.2, -0.15) is 0 Å². The number of likely N-dealkylation sites (N-methyl/N-ethyl adjacent to an activating group) is 1. The number of hydrogen-bond acceptors (Lipinski definition) is 2. The Balaban J connectivity index is 0.00000176. The van der Waals surface area contributed by atoms with Crippen LogP contribution in [0.2, 0.25) is 0 Å². The van der Waals surface area contributed by atoms with Crippen LogP contribution in [0, 0.1) is 0 Å². The Morgan fingerprint density at radius 3 is 2.73 bits per heavy atom. The van der Waals surface area contributed by atoms with Gasteiger partial charge in [0.05, 0.1) is 0 Å². The van der Waals surface area contributed by atoms with Crippen LogP contribution in [0.4, 0.5) is 0 Å². The quantitative estimate of drug-likeness (QED) is 0.914. The highest BCUT2D eigenvalue weighted by atomic mass is 35.5. The van der Waals surface area contributed by atoms with Crippen LogP contribution in [0.25, 0.3) is 11.3 Å². The number of halogens is 1. The number of carbonyl (C=O) groups is 1. The van der Waals surface area contributed by atoms with Crippen molar-refractivity contribution in [1.29, 1.82) is 0 Å². The largest absolute Gasteiger partial charge is 0.351 e. The van der Waals surface area contributed by atoms with E-state index >= 15 is 0 Å². The first-order chi connectivity index (χ1) is 10.3. The molecule has 1 aliphatic rings. The zero-order chi connectivity index (χ0) is 14.7. The maximum Gasteiger partial charge on any atom is 0.270 e. The number of benzene rings is 1. The highest BCUT2D eigenvalue weighted by molar-refractivity contribution is 5.93. The molecule has 1 aromatic heterocycles. The molecule has 1 unspecified atom stereocenters. The van der Waals surface area contributed by atoms with E-state index in [1.165, 1.54) is 0 Å². The Kier molecular flexibility index (Phi) is 5.63. The number of aromatic nitrogens is 1. The molecule has 5 heteroatoms. The van der Waals surface area contributed by atoms with Crippen LogP contribution in [-0.4, -0.2) is 42.0 Å². The Hall–Kier alpha value is -1.78. The molecular formula is C17H22ClN3O. The minimum Gasteiger partial charge on any atom is -0.351 e. The van der Waals surface area contributed by atoms with Crippen molar-refractivity contribution in [2.24, 2.45) is 0 Å². The van der Waals surface area contributed by atoms with E-state index < -0.39 is 0 Å². The molecule has 0 bridgehead atoms. The van der Waals surface area contributed by atoms with Gasteiger partial charge in [-0.1, -0.05) is 30.3 Å². The standard InChI is InChI=1S/C17H21N3O.ClH/c1-18-14-8-5-11-20(12-14)17(21)16-10-9-15(19-16)13-6-3-2-4-7-13;/h2-4,6-7,9-10,14,18-19H,5,8,11-12H2,1H3;1H. The summed E-state index contributed by atoms with van der Waals surface area (Å²) in [5.74, 6) is 0.0946. The maximum absolute atomic E-state index is 12.6. The van der Waals surface area contributed by atoms with Crippen molar-refractivity contribution in [3.8, 4) is 11.3 Å². The van der Waals surface area contributed by atoms with E-state index in [4.69, 9.17) is 0 Å². The van der Waals surface area contributed by atoms with Gasteiger partial charge in [0.1, 0.15) is 5.69 Å². The molecule has 1 atom stereocenters. The monoisotopic (exact) mass is 319 g/mol. The highest BCUT2D eigenvalue weighted by Crippen LogP contribution is 2.20. The molecule has 118 valence electrons. The topological polar surface area (TPSA) is 48.1 Å². The van der Waals surface area contributed by atoms with E-state index in [0.717, 1.165) is 37.2 Å². The first-order valence-corrected chi connectivity index (χ1v) is 7.49. The first-order valence-electron chi connectivity index (χ1n) is 7.49. The average molecular weight is 320 g/mol. The Bertz CT molecular complexity index is 611. The zero-order valence-corrected chi connectivity index (χ0v) is 13.5. The lowest BCUT2D eigenvalue weighted by Crippen LogP contribution is -2.47. The molecule has 1 aliphatic heterocycles. The fraction of sp³-hybridized carbons (Fsp3) is 0.353. The van der Waals surface area contributed by atoms with Gasteiger partial charge in [-0.3, -0.25) is 4.79 Å². The molecule has 0 radical (unpaired) electrons. The lowest BCUT2D eigenvalue weighted by molar-refractivity contribution is 0.0693. The van der Waals surface area contributed by atoms with Crippen molar-refractivity contribution in [2.45, 2.75) is 18.9 Å². The van der Waals surface area contributed by atoms with E-state index in [1.807, 2.05) is 54.4 Å². The van der Waals surface area contributed by atoms with Crippen LogP contribution < -0.4 is 5.32 Å². The van der Waals surface area contributed by atoms with Gasteiger partial charge >= 0.3 is 0 Å². The minimum absolute atomic E-state index is 0. The van der Waals surface area contributed by atoms with Crippen molar-refractivity contribution < 1.29 is 4.79 Å². The third kappa shape index (κ3) is 3.51. The summed E-state index contributed by atoms with van der Waals surface area (Å²) in [6.45, 7) is 1.63. The molecule has 4 nitrogen and oxygen atoms in total. The number of aromatic amines is 1. The van der Waals surface area contributed by atoms with Gasteiger partial charge in [0.25, 0.3) is 5.91 Å². The number of amides is 1. The van der Waals surface area contributed by atoms with Gasteiger partial charge in [0.2, 0.25) is 0 Å². The molecule has 3 rings (SSSR count). The van der Waals surface area contributed by atoms with Gasteiger partial charge in [-0.15, -0.1) is 12.4 Å². The molecule has 0 saturated carbocycles. The van der Waals surface area contributed by atoms with Crippen molar-refractivity contribution in [2.75, 3.05) is 20.1 Å². The average Bonchev–Trinajstić information content (AvgIpc) is 3.05. The number of H-pyrrole nitrogens is 1. The van der Waals surface area contributed by atoms with Crippen LogP contribution in [0.5, 0.6) is 0 Å². The predicted octanol–water partition coefficient (Wildman–Crippen LogP) is 2.93. The van der Waals surface area contributed by atoms with Crippen molar-refractivity contribution in [1.82, 2.24) is 15.2 Å². The SMILES string of the molecule is CNC1CCCN(C(=O)c2ccc(-c3ccccc3)[nH]2)C1.Cl. The molecule has 2 heterocycles. The summed E-state index contributed by atoms with van der Waals surface area (Å²) in [4.78, 5) is 17.8. The molecule has 0 aliphatic carbocycles. The normalized spacial score (nSPS) is 17.9. The fourth-order valence-corrected chi connectivity index (χ4v) is 2.87. The Labute approximate surface area is 137 Å². The molecule has 1 fully saturated rings. The first kappa shape index (κ1) is 16.6. The van der Waals surface area contributed by atoms with Crippen molar-refractivity contribution >= 4 is 18.3 Å². The molecule has 1 amide bonds. The number of carbonyl (C=O) groups excluding carboxylic acids is 1. The van der Waals surface area contributed by atoms with E-state index in [0.29, 0.717) is 11.7 Å². The van der Waals surface area contributed by atoms with Crippen LogP contribution in [0.15, 0.2) is 42.5 Å². The van der Waals surface area contributed by atoms with Crippen molar-refractivity contribution in [3.05, 3.63) is 48.2 Å². The van der Waals surface area contributed by atoms with Gasteiger partial charge in [-0.05, 0) is 37.6 Å². The number of hydrogen-bond donors (Lipinski definition) is 2. The van der Waals surface area contributed by atoms with Gasteiger partial charge in [-0.25, -0.2) is 0 Å². The van der Waals surface area contributed by atoms with Gasteiger partial charge < -0.3 is 15.2 Å². The molecule has 22 heavy (non-hydrogen) atoms. The van der Waals surface area contributed by atoms with Crippen LogP contribution in [0.3, 0.4) is 0 Å². The summed E-state index contributed by atoms with van der Waals surface area (Å²) in [5.41, 5.74) is 2.76. The Morgan fingerprint density at radius 2 is 2.00 bits per heavy atom. The number of rotatable bonds is 3. The summed E-state index contributed by atoms with van der Waals surface area (Å²) >= 11 is 0. The highest BCUT2D eigenvalue weighted by Gasteiger charge is 2.24.